The van der Waals surface area contributed by atoms with E-state index in [-0.39, 0.29) is 0 Å². The van der Waals surface area contributed by atoms with Gasteiger partial charge in [-0.05, 0) is 35.5 Å². The van der Waals surface area contributed by atoms with E-state index in [1.807, 2.05) is 31.3 Å². The molecule has 1 heterocycles. The number of rotatable bonds is 5. The van der Waals surface area contributed by atoms with Crippen molar-refractivity contribution in [1.82, 2.24) is 20.2 Å². The van der Waals surface area contributed by atoms with Crippen LogP contribution >= 0.6 is 0 Å². The summed E-state index contributed by atoms with van der Waals surface area (Å²) in [4.78, 5) is 0. The average molecular weight is 232 g/mol. The summed E-state index contributed by atoms with van der Waals surface area (Å²) in [5, 5.41) is 14.7. The SMILES string of the molecule is Cn1nnnc1-c1cccc(NCCCN)c1. The summed E-state index contributed by atoms with van der Waals surface area (Å²) in [6, 6.07) is 8.01. The minimum Gasteiger partial charge on any atom is -0.385 e. The molecular formula is C11H16N6. The van der Waals surface area contributed by atoms with E-state index in [0.29, 0.717) is 6.54 Å². The van der Waals surface area contributed by atoms with E-state index in [2.05, 4.69) is 20.8 Å². The number of nitrogens with zero attached hydrogens (tertiary/aromatic N) is 4. The van der Waals surface area contributed by atoms with Crippen LogP contribution in [0.3, 0.4) is 0 Å². The van der Waals surface area contributed by atoms with Gasteiger partial charge in [-0.25, -0.2) is 4.68 Å². The quantitative estimate of drug-likeness (QED) is 0.739. The van der Waals surface area contributed by atoms with E-state index >= 15 is 0 Å². The fourth-order valence-corrected chi connectivity index (χ4v) is 1.58. The third kappa shape index (κ3) is 2.79. The number of tetrazole rings is 1. The van der Waals surface area contributed by atoms with Gasteiger partial charge in [-0.15, -0.1) is 5.10 Å². The first-order chi connectivity index (χ1) is 8.31. The van der Waals surface area contributed by atoms with Gasteiger partial charge in [0.15, 0.2) is 5.82 Å². The second-order valence-electron chi connectivity index (χ2n) is 3.78. The van der Waals surface area contributed by atoms with Crippen LogP contribution in [0.4, 0.5) is 5.69 Å². The van der Waals surface area contributed by atoms with Crippen LogP contribution in [0, 0.1) is 0 Å². The van der Waals surface area contributed by atoms with Crippen molar-refractivity contribution in [2.45, 2.75) is 6.42 Å². The van der Waals surface area contributed by atoms with Gasteiger partial charge in [0, 0.05) is 24.8 Å². The first-order valence-electron chi connectivity index (χ1n) is 5.58. The Labute approximate surface area is 99.8 Å². The standard InChI is InChI=1S/C11H16N6/c1-17-11(14-15-16-17)9-4-2-5-10(8-9)13-7-3-6-12/h2,4-5,8,13H,3,6-7,12H2,1H3. The Morgan fingerprint density at radius 3 is 3.00 bits per heavy atom. The molecule has 2 rings (SSSR count). The van der Waals surface area contributed by atoms with Gasteiger partial charge in [0.2, 0.25) is 0 Å². The number of hydrogen-bond donors (Lipinski definition) is 2. The van der Waals surface area contributed by atoms with Crippen molar-refractivity contribution < 1.29 is 0 Å². The molecule has 0 saturated heterocycles. The molecule has 0 aliphatic heterocycles. The Balaban J connectivity index is 2.14. The molecule has 1 aromatic heterocycles. The molecule has 0 aliphatic carbocycles. The monoisotopic (exact) mass is 232 g/mol. The molecule has 0 spiro atoms. The Bertz CT molecular complexity index is 478. The molecule has 17 heavy (non-hydrogen) atoms. The number of aryl methyl sites for hydroxylation is 1. The maximum absolute atomic E-state index is 5.45. The highest BCUT2D eigenvalue weighted by atomic mass is 15.5. The lowest BCUT2D eigenvalue weighted by Gasteiger charge is -2.06. The zero-order valence-electron chi connectivity index (χ0n) is 9.80. The predicted octanol–water partition coefficient (Wildman–Crippen LogP) is 0.638. The molecule has 0 amide bonds. The highest BCUT2D eigenvalue weighted by Crippen LogP contribution is 2.19. The van der Waals surface area contributed by atoms with Crippen LogP contribution in [-0.2, 0) is 7.05 Å². The lowest BCUT2D eigenvalue weighted by atomic mass is 10.2. The van der Waals surface area contributed by atoms with E-state index < -0.39 is 0 Å². The van der Waals surface area contributed by atoms with Crippen LogP contribution in [0.25, 0.3) is 11.4 Å². The Hall–Kier alpha value is -1.95. The molecule has 6 nitrogen and oxygen atoms in total. The Morgan fingerprint density at radius 1 is 1.41 bits per heavy atom. The van der Waals surface area contributed by atoms with Gasteiger partial charge in [0.1, 0.15) is 0 Å². The number of anilines is 1. The number of hydrogen-bond acceptors (Lipinski definition) is 5. The van der Waals surface area contributed by atoms with Crippen molar-refractivity contribution in [2.24, 2.45) is 12.8 Å². The lowest BCUT2D eigenvalue weighted by Crippen LogP contribution is -2.08. The minimum absolute atomic E-state index is 0.694. The molecule has 1 aromatic carbocycles. The summed E-state index contributed by atoms with van der Waals surface area (Å²) >= 11 is 0. The molecular weight excluding hydrogens is 216 g/mol. The molecule has 0 aliphatic rings. The number of nitrogens with one attached hydrogen (secondary N) is 1. The van der Waals surface area contributed by atoms with Crippen molar-refractivity contribution in [3.05, 3.63) is 24.3 Å². The first-order valence-corrected chi connectivity index (χ1v) is 5.58. The summed E-state index contributed by atoms with van der Waals surface area (Å²) in [6.07, 6.45) is 0.954. The van der Waals surface area contributed by atoms with Gasteiger partial charge in [-0.1, -0.05) is 12.1 Å². The number of nitrogens with two attached hydrogens (primary N) is 1. The average Bonchev–Trinajstić information content (AvgIpc) is 2.76. The van der Waals surface area contributed by atoms with E-state index in [1.165, 1.54) is 0 Å². The van der Waals surface area contributed by atoms with Crippen molar-refractivity contribution in [3.8, 4) is 11.4 Å². The van der Waals surface area contributed by atoms with Crippen LogP contribution in [-0.4, -0.2) is 33.3 Å². The van der Waals surface area contributed by atoms with Crippen LogP contribution in [0.5, 0.6) is 0 Å². The van der Waals surface area contributed by atoms with Crippen LogP contribution in [0.2, 0.25) is 0 Å². The van der Waals surface area contributed by atoms with E-state index in [1.54, 1.807) is 4.68 Å². The van der Waals surface area contributed by atoms with Gasteiger partial charge in [-0.3, -0.25) is 0 Å². The van der Waals surface area contributed by atoms with E-state index in [4.69, 9.17) is 5.73 Å². The molecule has 0 bridgehead atoms. The fraction of sp³-hybridized carbons (Fsp3) is 0.364. The van der Waals surface area contributed by atoms with Crippen LogP contribution < -0.4 is 11.1 Å². The van der Waals surface area contributed by atoms with E-state index in [0.717, 1.165) is 30.0 Å². The zero-order valence-corrected chi connectivity index (χ0v) is 9.80. The largest absolute Gasteiger partial charge is 0.385 e. The topological polar surface area (TPSA) is 81.7 Å². The number of aromatic nitrogens is 4. The van der Waals surface area contributed by atoms with E-state index in [9.17, 15) is 0 Å². The molecule has 0 saturated carbocycles. The molecule has 0 fully saturated rings. The third-order valence-corrected chi connectivity index (χ3v) is 2.45. The van der Waals surface area contributed by atoms with Gasteiger partial charge < -0.3 is 11.1 Å². The van der Waals surface area contributed by atoms with Gasteiger partial charge in [0.25, 0.3) is 0 Å². The second kappa shape index (κ2) is 5.40. The predicted molar refractivity (Wildman–Crippen MR) is 66.4 cm³/mol. The molecule has 90 valence electrons. The van der Waals surface area contributed by atoms with Crippen molar-refractivity contribution in [3.63, 3.8) is 0 Å². The molecule has 0 atom stereocenters. The number of benzene rings is 1. The molecule has 3 N–H and O–H groups in total. The highest BCUT2D eigenvalue weighted by molar-refractivity contribution is 5.62. The fourth-order valence-electron chi connectivity index (χ4n) is 1.58. The molecule has 0 radical (unpaired) electrons. The van der Waals surface area contributed by atoms with Crippen molar-refractivity contribution >= 4 is 5.69 Å². The maximum atomic E-state index is 5.45. The highest BCUT2D eigenvalue weighted by Gasteiger charge is 2.05. The smallest absolute Gasteiger partial charge is 0.181 e. The summed E-state index contributed by atoms with van der Waals surface area (Å²) in [5.74, 6) is 0.757. The minimum atomic E-state index is 0.694. The van der Waals surface area contributed by atoms with Gasteiger partial charge in [-0.2, -0.15) is 0 Å². The van der Waals surface area contributed by atoms with Crippen molar-refractivity contribution in [2.75, 3.05) is 18.4 Å². The van der Waals surface area contributed by atoms with Crippen LogP contribution in [0.15, 0.2) is 24.3 Å². The lowest BCUT2D eigenvalue weighted by molar-refractivity contribution is 0.714. The molecule has 2 aromatic rings. The Kier molecular flexibility index (Phi) is 3.66. The Morgan fingerprint density at radius 2 is 2.29 bits per heavy atom. The normalized spacial score (nSPS) is 10.5. The summed E-state index contributed by atoms with van der Waals surface area (Å²) < 4.78 is 1.65. The van der Waals surface area contributed by atoms with Gasteiger partial charge >= 0.3 is 0 Å². The van der Waals surface area contributed by atoms with Gasteiger partial charge in [0.05, 0.1) is 0 Å². The summed E-state index contributed by atoms with van der Waals surface area (Å²) in [5.41, 5.74) is 7.50. The molecule has 0 unspecified atom stereocenters. The van der Waals surface area contributed by atoms with Crippen LogP contribution in [0.1, 0.15) is 6.42 Å². The summed E-state index contributed by atoms with van der Waals surface area (Å²) in [7, 11) is 1.82. The van der Waals surface area contributed by atoms with Crippen molar-refractivity contribution in [1.29, 1.82) is 0 Å². The maximum Gasteiger partial charge on any atom is 0.181 e. The second-order valence-corrected chi connectivity index (χ2v) is 3.78. The zero-order chi connectivity index (χ0) is 12.1. The molecule has 6 heteroatoms. The third-order valence-electron chi connectivity index (χ3n) is 2.45. The first kappa shape index (κ1) is 11.5. The summed E-state index contributed by atoms with van der Waals surface area (Å²) in [6.45, 7) is 1.57.